The zero-order valence-corrected chi connectivity index (χ0v) is 13.5. The Bertz CT molecular complexity index is 920. The maximum Gasteiger partial charge on any atom is 0.262 e. The Balaban J connectivity index is 1.86. The maximum absolute atomic E-state index is 12.5. The molecule has 0 spiro atoms. The van der Waals surface area contributed by atoms with Gasteiger partial charge in [0.1, 0.15) is 5.75 Å². The van der Waals surface area contributed by atoms with Crippen LogP contribution in [0.4, 0.5) is 11.4 Å². The number of carbonyl (C=O) groups excluding carboxylic acids is 2. The van der Waals surface area contributed by atoms with Crippen molar-refractivity contribution in [1.29, 1.82) is 0 Å². The van der Waals surface area contributed by atoms with Gasteiger partial charge in [-0.2, -0.15) is 0 Å². The number of hydrogen-bond acceptors (Lipinski definition) is 5. The summed E-state index contributed by atoms with van der Waals surface area (Å²) in [4.78, 5) is 22.6. The fraction of sp³-hybridized carbons (Fsp3) is 0.125. The minimum absolute atomic E-state index is 0.0114. The second-order valence-electron chi connectivity index (χ2n) is 5.23. The quantitative estimate of drug-likeness (QED) is 0.825. The Labute approximate surface area is 138 Å². The summed E-state index contributed by atoms with van der Waals surface area (Å²) in [6.45, 7) is 1.34. The van der Waals surface area contributed by atoms with Gasteiger partial charge in [0.15, 0.2) is 12.4 Å². The molecule has 1 aliphatic rings. The summed E-state index contributed by atoms with van der Waals surface area (Å²) in [7, 11) is -3.84. The number of ketones is 1. The summed E-state index contributed by atoms with van der Waals surface area (Å²) in [6.07, 6.45) is 0. The molecule has 0 fully saturated rings. The highest BCUT2D eigenvalue weighted by Crippen LogP contribution is 2.30. The molecule has 0 bridgehead atoms. The maximum atomic E-state index is 12.5. The molecule has 0 saturated carbocycles. The number of ether oxygens (including phenoxy) is 1. The topological polar surface area (TPSA) is 102 Å². The molecule has 0 aromatic heterocycles. The number of sulfonamides is 1. The molecular weight excluding hydrogens is 332 g/mol. The first-order valence-corrected chi connectivity index (χ1v) is 8.54. The van der Waals surface area contributed by atoms with Crippen molar-refractivity contribution in [2.45, 2.75) is 11.8 Å². The molecule has 2 aromatic rings. The number of anilines is 2. The lowest BCUT2D eigenvalue weighted by Crippen LogP contribution is -2.25. The molecule has 0 radical (unpaired) electrons. The number of Topliss-reactive ketones (excluding diaryl/α,β-unsaturated/α-hetero) is 1. The van der Waals surface area contributed by atoms with E-state index in [1.54, 1.807) is 12.1 Å². The van der Waals surface area contributed by atoms with Crippen LogP contribution in [0.1, 0.15) is 17.3 Å². The highest BCUT2D eigenvalue weighted by Gasteiger charge is 2.21. The monoisotopic (exact) mass is 346 g/mol. The number of amides is 1. The van der Waals surface area contributed by atoms with Gasteiger partial charge in [0.2, 0.25) is 0 Å². The van der Waals surface area contributed by atoms with E-state index in [-0.39, 0.29) is 23.2 Å². The Hall–Kier alpha value is -2.87. The number of benzene rings is 2. The van der Waals surface area contributed by atoms with Crippen molar-refractivity contribution in [2.24, 2.45) is 0 Å². The van der Waals surface area contributed by atoms with Crippen LogP contribution in [-0.2, 0) is 14.8 Å². The molecule has 2 N–H and O–H groups in total. The lowest BCUT2D eigenvalue weighted by atomic mass is 10.1. The normalized spacial score (nSPS) is 13.5. The number of nitrogens with one attached hydrogen (secondary N) is 2. The van der Waals surface area contributed by atoms with Crippen molar-refractivity contribution >= 4 is 33.1 Å². The van der Waals surface area contributed by atoms with Crippen molar-refractivity contribution in [1.82, 2.24) is 0 Å². The van der Waals surface area contributed by atoms with Gasteiger partial charge in [0.05, 0.1) is 10.6 Å². The van der Waals surface area contributed by atoms with E-state index in [1.807, 2.05) is 0 Å². The summed E-state index contributed by atoms with van der Waals surface area (Å²) in [6, 6.07) is 10.3. The Morgan fingerprint density at radius 1 is 1.17 bits per heavy atom. The van der Waals surface area contributed by atoms with E-state index in [9.17, 15) is 18.0 Å². The molecule has 3 rings (SSSR count). The van der Waals surface area contributed by atoms with Gasteiger partial charge in [0, 0.05) is 11.3 Å². The van der Waals surface area contributed by atoms with Gasteiger partial charge in [-0.25, -0.2) is 8.42 Å². The summed E-state index contributed by atoms with van der Waals surface area (Å²) in [5, 5.41) is 2.56. The van der Waals surface area contributed by atoms with Crippen LogP contribution < -0.4 is 14.8 Å². The SMILES string of the molecule is CC(=O)c1ccc(NS(=O)(=O)c2ccc3c(c2)NC(=O)CO3)cc1. The van der Waals surface area contributed by atoms with Crippen molar-refractivity contribution in [3.8, 4) is 5.75 Å². The second-order valence-corrected chi connectivity index (χ2v) is 6.92. The molecule has 1 heterocycles. The van der Waals surface area contributed by atoms with Crippen LogP contribution in [0, 0.1) is 0 Å². The van der Waals surface area contributed by atoms with Crippen molar-refractivity contribution in [3.63, 3.8) is 0 Å². The fourth-order valence-corrected chi connectivity index (χ4v) is 3.30. The van der Waals surface area contributed by atoms with Crippen molar-refractivity contribution < 1.29 is 22.7 Å². The molecule has 2 aromatic carbocycles. The molecular formula is C16H14N2O5S. The van der Waals surface area contributed by atoms with Crippen LogP contribution >= 0.6 is 0 Å². The van der Waals surface area contributed by atoms with E-state index in [0.717, 1.165) is 0 Å². The highest BCUT2D eigenvalue weighted by molar-refractivity contribution is 7.92. The predicted octanol–water partition coefficient (Wildman–Crippen LogP) is 2.02. The minimum atomic E-state index is -3.84. The number of carbonyl (C=O) groups is 2. The smallest absolute Gasteiger partial charge is 0.262 e. The fourth-order valence-electron chi connectivity index (χ4n) is 2.22. The van der Waals surface area contributed by atoms with Gasteiger partial charge < -0.3 is 10.1 Å². The number of fused-ring (bicyclic) bond motifs is 1. The third-order valence-corrected chi connectivity index (χ3v) is 4.82. The molecule has 0 unspecified atom stereocenters. The van der Waals surface area contributed by atoms with Crippen molar-refractivity contribution in [2.75, 3.05) is 16.6 Å². The van der Waals surface area contributed by atoms with E-state index in [4.69, 9.17) is 4.74 Å². The van der Waals surface area contributed by atoms with E-state index >= 15 is 0 Å². The van der Waals surface area contributed by atoms with Crippen LogP contribution in [0.5, 0.6) is 5.75 Å². The standard InChI is InChI=1S/C16H14N2O5S/c1-10(19)11-2-4-12(5-3-11)18-24(21,22)13-6-7-15-14(8-13)17-16(20)9-23-15/h2-8,18H,9H2,1H3,(H,17,20). The lowest BCUT2D eigenvalue weighted by Gasteiger charge is -2.18. The first-order chi connectivity index (χ1) is 11.3. The molecule has 8 heteroatoms. The summed E-state index contributed by atoms with van der Waals surface area (Å²) < 4.78 is 32.5. The summed E-state index contributed by atoms with van der Waals surface area (Å²) in [5.41, 5.74) is 1.13. The average molecular weight is 346 g/mol. The van der Waals surface area contributed by atoms with Gasteiger partial charge in [-0.3, -0.25) is 14.3 Å². The Morgan fingerprint density at radius 2 is 1.88 bits per heavy atom. The van der Waals surface area contributed by atoms with E-state index in [0.29, 0.717) is 22.7 Å². The Morgan fingerprint density at radius 3 is 2.54 bits per heavy atom. The van der Waals surface area contributed by atoms with Crippen molar-refractivity contribution in [3.05, 3.63) is 48.0 Å². The van der Waals surface area contributed by atoms with Crippen LogP contribution in [-0.4, -0.2) is 26.7 Å². The molecule has 7 nitrogen and oxygen atoms in total. The lowest BCUT2D eigenvalue weighted by molar-refractivity contribution is -0.118. The Kier molecular flexibility index (Phi) is 3.98. The molecule has 24 heavy (non-hydrogen) atoms. The molecule has 1 amide bonds. The second kappa shape index (κ2) is 5.97. The van der Waals surface area contributed by atoms with E-state index < -0.39 is 10.0 Å². The molecule has 1 aliphatic heterocycles. The largest absolute Gasteiger partial charge is 0.482 e. The number of hydrogen-bond donors (Lipinski definition) is 2. The van der Waals surface area contributed by atoms with Crippen LogP contribution in [0.15, 0.2) is 47.4 Å². The van der Waals surface area contributed by atoms with Gasteiger partial charge >= 0.3 is 0 Å². The molecule has 0 aliphatic carbocycles. The first kappa shape index (κ1) is 16.0. The average Bonchev–Trinajstić information content (AvgIpc) is 2.54. The molecule has 0 atom stereocenters. The summed E-state index contributed by atoms with van der Waals surface area (Å²) in [5.74, 6) is -0.0287. The van der Waals surface area contributed by atoms with Gasteiger partial charge in [-0.15, -0.1) is 0 Å². The summed E-state index contributed by atoms with van der Waals surface area (Å²) >= 11 is 0. The van der Waals surface area contributed by atoms with Crippen LogP contribution in [0.25, 0.3) is 0 Å². The van der Waals surface area contributed by atoms with E-state index in [2.05, 4.69) is 10.0 Å². The van der Waals surface area contributed by atoms with Gasteiger partial charge in [-0.1, -0.05) is 0 Å². The number of rotatable bonds is 4. The zero-order valence-electron chi connectivity index (χ0n) is 12.7. The van der Waals surface area contributed by atoms with Crippen LogP contribution in [0.3, 0.4) is 0 Å². The molecule has 0 saturated heterocycles. The predicted molar refractivity (Wildman–Crippen MR) is 87.8 cm³/mol. The van der Waals surface area contributed by atoms with Gasteiger partial charge in [0.25, 0.3) is 15.9 Å². The van der Waals surface area contributed by atoms with E-state index in [1.165, 1.54) is 37.3 Å². The van der Waals surface area contributed by atoms with Crippen LogP contribution in [0.2, 0.25) is 0 Å². The zero-order chi connectivity index (χ0) is 17.3. The molecule has 124 valence electrons. The minimum Gasteiger partial charge on any atom is -0.482 e. The third-order valence-electron chi connectivity index (χ3n) is 3.44. The highest BCUT2D eigenvalue weighted by atomic mass is 32.2. The van der Waals surface area contributed by atoms with Gasteiger partial charge in [-0.05, 0) is 49.4 Å². The first-order valence-electron chi connectivity index (χ1n) is 7.06. The third kappa shape index (κ3) is 3.23.